The fraction of sp³-hybridized carbons (Fsp3) is 0.333. The number of carbonyl (C=O) groups excluding carboxylic acids is 3. The minimum atomic E-state index is -0.522. The highest BCUT2D eigenvalue weighted by molar-refractivity contribution is 6.44. The van der Waals surface area contributed by atoms with Crippen molar-refractivity contribution in [3.05, 3.63) is 59.7 Å². The summed E-state index contributed by atoms with van der Waals surface area (Å²) in [5.41, 5.74) is 2.82. The van der Waals surface area contributed by atoms with Crippen LogP contribution < -0.4 is 10.3 Å². The highest BCUT2D eigenvalue weighted by Crippen LogP contribution is 2.27. The van der Waals surface area contributed by atoms with Crippen molar-refractivity contribution in [2.75, 3.05) is 23.4 Å². The molecule has 7 nitrogen and oxygen atoms in total. The number of nitrogens with zero attached hydrogens (tertiary/aromatic N) is 3. The summed E-state index contributed by atoms with van der Waals surface area (Å²) in [4.78, 5) is 40.1. The molecule has 1 saturated heterocycles. The predicted molar refractivity (Wildman–Crippen MR) is 120 cm³/mol. The minimum Gasteiger partial charge on any atom is -0.339 e. The van der Waals surface area contributed by atoms with Gasteiger partial charge in [0.2, 0.25) is 0 Å². The summed E-state index contributed by atoms with van der Waals surface area (Å²) in [6, 6.07) is 14.2. The molecule has 1 fully saturated rings. The normalized spacial score (nSPS) is 18.1. The average Bonchev–Trinajstić information content (AvgIpc) is 3.46. The minimum absolute atomic E-state index is 0.0591. The second-order valence-corrected chi connectivity index (χ2v) is 8.01. The summed E-state index contributed by atoms with van der Waals surface area (Å²) in [5.74, 6) is -0.525. The topological polar surface area (TPSA) is 82.1 Å². The second kappa shape index (κ2) is 8.71. The summed E-state index contributed by atoms with van der Waals surface area (Å²) >= 11 is 0. The van der Waals surface area contributed by atoms with Crippen LogP contribution in [0.5, 0.6) is 0 Å². The maximum absolute atomic E-state index is 13.1. The Morgan fingerprint density at radius 3 is 2.39 bits per heavy atom. The molecule has 31 heavy (non-hydrogen) atoms. The van der Waals surface area contributed by atoms with Crippen LogP contribution in [0.3, 0.4) is 0 Å². The third kappa shape index (κ3) is 4.21. The van der Waals surface area contributed by atoms with Crippen molar-refractivity contribution >= 4 is 34.7 Å². The molecule has 1 atom stereocenters. The Labute approximate surface area is 181 Å². The lowest BCUT2D eigenvalue weighted by Gasteiger charge is -2.20. The van der Waals surface area contributed by atoms with E-state index in [-0.39, 0.29) is 23.8 Å². The van der Waals surface area contributed by atoms with E-state index in [9.17, 15) is 14.4 Å². The van der Waals surface area contributed by atoms with Crippen molar-refractivity contribution in [2.45, 2.75) is 39.2 Å². The highest BCUT2D eigenvalue weighted by Gasteiger charge is 2.34. The standard InChI is InChI=1S/C24H26N4O3/c1-16-9-8-12-19(24(31)27-13-6-7-14-27)22(16)25-23(30)20-15-21(17(2)29)28(26-20)18-10-4-3-5-11-18/h3-5,8-12,21H,6-7,13-15H2,1-2H3,(H,25,30). The molecule has 2 heterocycles. The quantitative estimate of drug-likeness (QED) is 0.807. The van der Waals surface area contributed by atoms with Crippen LogP contribution in [0.25, 0.3) is 0 Å². The van der Waals surface area contributed by atoms with Gasteiger partial charge in [0.1, 0.15) is 11.8 Å². The summed E-state index contributed by atoms with van der Waals surface area (Å²) < 4.78 is 0. The van der Waals surface area contributed by atoms with Gasteiger partial charge in [-0.1, -0.05) is 30.3 Å². The fourth-order valence-electron chi connectivity index (χ4n) is 4.07. The van der Waals surface area contributed by atoms with Crippen LogP contribution in [0.1, 0.15) is 42.1 Å². The van der Waals surface area contributed by atoms with Crippen LogP contribution in [0.2, 0.25) is 0 Å². The van der Waals surface area contributed by atoms with Crippen molar-refractivity contribution in [1.29, 1.82) is 0 Å². The van der Waals surface area contributed by atoms with Crippen LogP contribution in [-0.2, 0) is 9.59 Å². The van der Waals surface area contributed by atoms with E-state index in [0.717, 1.165) is 37.2 Å². The first kappa shape index (κ1) is 20.8. The van der Waals surface area contributed by atoms with Gasteiger partial charge < -0.3 is 10.2 Å². The van der Waals surface area contributed by atoms with Crippen molar-refractivity contribution in [3.8, 4) is 0 Å². The van der Waals surface area contributed by atoms with Crippen LogP contribution in [0.15, 0.2) is 53.6 Å². The molecular formula is C24H26N4O3. The van der Waals surface area contributed by atoms with Gasteiger partial charge in [-0.25, -0.2) is 0 Å². The number of rotatable bonds is 5. The Balaban J connectivity index is 1.60. The predicted octanol–water partition coefficient (Wildman–Crippen LogP) is 3.39. The number of hydrogen-bond acceptors (Lipinski definition) is 5. The van der Waals surface area contributed by atoms with E-state index in [1.165, 1.54) is 6.92 Å². The number of amides is 2. The Kier molecular flexibility index (Phi) is 5.84. The van der Waals surface area contributed by atoms with Crippen molar-refractivity contribution in [3.63, 3.8) is 0 Å². The molecule has 0 spiro atoms. The molecule has 7 heteroatoms. The number of likely N-dealkylation sites (tertiary alicyclic amines) is 1. The highest BCUT2D eigenvalue weighted by atomic mass is 16.2. The number of carbonyl (C=O) groups is 3. The van der Waals surface area contributed by atoms with E-state index in [2.05, 4.69) is 10.4 Å². The van der Waals surface area contributed by atoms with Crippen molar-refractivity contribution < 1.29 is 14.4 Å². The number of Topliss-reactive ketones (excluding diaryl/α,β-unsaturated/α-hetero) is 1. The third-order valence-electron chi connectivity index (χ3n) is 5.80. The zero-order valence-electron chi connectivity index (χ0n) is 17.8. The molecule has 0 radical (unpaired) electrons. The van der Waals surface area contributed by atoms with E-state index < -0.39 is 11.9 Å². The number of benzene rings is 2. The first-order valence-corrected chi connectivity index (χ1v) is 10.6. The van der Waals surface area contributed by atoms with Crippen LogP contribution in [0, 0.1) is 6.92 Å². The van der Waals surface area contributed by atoms with Gasteiger partial charge >= 0.3 is 0 Å². The zero-order valence-corrected chi connectivity index (χ0v) is 17.8. The molecule has 2 aliphatic rings. The lowest BCUT2D eigenvalue weighted by atomic mass is 10.0. The lowest BCUT2D eigenvalue weighted by Crippen LogP contribution is -2.33. The first-order chi connectivity index (χ1) is 15.0. The lowest BCUT2D eigenvalue weighted by molar-refractivity contribution is -0.118. The molecule has 0 saturated carbocycles. The van der Waals surface area contributed by atoms with Gasteiger partial charge in [-0.15, -0.1) is 0 Å². The molecule has 2 aromatic carbocycles. The number of para-hydroxylation sites is 2. The summed E-state index contributed by atoms with van der Waals surface area (Å²) in [7, 11) is 0. The first-order valence-electron chi connectivity index (χ1n) is 10.6. The number of nitrogens with one attached hydrogen (secondary N) is 1. The molecule has 4 rings (SSSR count). The molecule has 0 aliphatic carbocycles. The SMILES string of the molecule is CC(=O)C1CC(C(=O)Nc2c(C)cccc2C(=O)N2CCCC2)=NN1c1ccccc1. The summed E-state index contributed by atoms with van der Waals surface area (Å²) in [5, 5.41) is 8.96. The molecule has 2 aromatic rings. The Bertz CT molecular complexity index is 1040. The largest absolute Gasteiger partial charge is 0.339 e. The van der Waals surface area contributed by atoms with Crippen molar-refractivity contribution in [1.82, 2.24) is 4.90 Å². The zero-order chi connectivity index (χ0) is 22.0. The van der Waals surface area contributed by atoms with E-state index in [4.69, 9.17) is 0 Å². The maximum atomic E-state index is 13.1. The van der Waals surface area contributed by atoms with Gasteiger partial charge in [0, 0.05) is 19.5 Å². The Morgan fingerprint density at radius 1 is 1.00 bits per heavy atom. The van der Waals surface area contributed by atoms with Gasteiger partial charge in [-0.05, 0) is 50.5 Å². The number of ketones is 1. The van der Waals surface area contributed by atoms with Crippen molar-refractivity contribution in [2.24, 2.45) is 5.10 Å². The van der Waals surface area contributed by atoms with Crippen LogP contribution in [0.4, 0.5) is 11.4 Å². The van der Waals surface area contributed by atoms with E-state index >= 15 is 0 Å². The third-order valence-corrected chi connectivity index (χ3v) is 5.80. The Hall–Kier alpha value is -3.48. The van der Waals surface area contributed by atoms with E-state index in [1.54, 1.807) is 11.1 Å². The molecule has 0 bridgehead atoms. The number of aryl methyl sites for hydroxylation is 1. The van der Waals surface area contributed by atoms with Gasteiger partial charge in [0.15, 0.2) is 5.78 Å². The number of hydrogen-bond donors (Lipinski definition) is 1. The molecule has 2 aliphatic heterocycles. The summed E-state index contributed by atoms with van der Waals surface area (Å²) in [6.07, 6.45) is 2.22. The molecular weight excluding hydrogens is 392 g/mol. The van der Waals surface area contributed by atoms with Gasteiger partial charge in [-0.2, -0.15) is 5.10 Å². The molecule has 1 N–H and O–H groups in total. The smallest absolute Gasteiger partial charge is 0.271 e. The van der Waals surface area contributed by atoms with E-state index in [0.29, 0.717) is 11.3 Å². The van der Waals surface area contributed by atoms with Gasteiger partial charge in [0.05, 0.1) is 16.9 Å². The average molecular weight is 418 g/mol. The monoisotopic (exact) mass is 418 g/mol. The molecule has 160 valence electrons. The fourth-order valence-corrected chi connectivity index (χ4v) is 4.07. The molecule has 1 unspecified atom stereocenters. The van der Waals surface area contributed by atoms with Gasteiger partial charge in [0.25, 0.3) is 11.8 Å². The maximum Gasteiger partial charge on any atom is 0.271 e. The van der Waals surface area contributed by atoms with E-state index in [1.807, 2.05) is 54.3 Å². The van der Waals surface area contributed by atoms with Crippen LogP contribution in [-0.4, -0.2) is 47.3 Å². The van der Waals surface area contributed by atoms with Gasteiger partial charge in [-0.3, -0.25) is 19.4 Å². The second-order valence-electron chi connectivity index (χ2n) is 8.01. The molecule has 2 amide bonds. The number of hydrazone groups is 1. The number of anilines is 2. The Morgan fingerprint density at radius 2 is 1.71 bits per heavy atom. The molecule has 0 aromatic heterocycles. The summed E-state index contributed by atoms with van der Waals surface area (Å²) in [6.45, 7) is 4.84. The van der Waals surface area contributed by atoms with Crippen LogP contribution >= 0.6 is 0 Å².